The van der Waals surface area contributed by atoms with Crippen LogP contribution in [-0.4, -0.2) is 23.4 Å². The SMILES string of the molecule is CCN(CCCCCC(=O)c1cn(C)c2ccccc12)c1ccccc1. The number of ketones is 1. The summed E-state index contributed by atoms with van der Waals surface area (Å²) in [5.74, 6) is 0.261. The quantitative estimate of drug-likeness (QED) is 0.379. The van der Waals surface area contributed by atoms with E-state index in [1.54, 1.807) is 0 Å². The summed E-state index contributed by atoms with van der Waals surface area (Å²) < 4.78 is 2.04. The number of unbranched alkanes of at least 4 members (excludes halogenated alkanes) is 2. The van der Waals surface area contributed by atoms with Gasteiger partial charge in [0.2, 0.25) is 0 Å². The van der Waals surface area contributed by atoms with Crippen LogP contribution in [0.2, 0.25) is 0 Å². The van der Waals surface area contributed by atoms with Gasteiger partial charge in [0.15, 0.2) is 5.78 Å². The van der Waals surface area contributed by atoms with Crippen LogP contribution in [0.15, 0.2) is 60.8 Å². The molecule has 0 bridgehead atoms. The molecule has 1 aromatic heterocycles. The molecular weight excluding hydrogens is 320 g/mol. The number of benzene rings is 2. The minimum Gasteiger partial charge on any atom is -0.372 e. The highest BCUT2D eigenvalue weighted by atomic mass is 16.1. The lowest BCUT2D eigenvalue weighted by Crippen LogP contribution is -2.23. The van der Waals surface area contributed by atoms with Crippen LogP contribution in [0.1, 0.15) is 43.0 Å². The average molecular weight is 348 g/mol. The van der Waals surface area contributed by atoms with E-state index in [1.165, 1.54) is 5.69 Å². The molecular formula is C23H28N2O. The van der Waals surface area contributed by atoms with Gasteiger partial charge in [-0.15, -0.1) is 0 Å². The van der Waals surface area contributed by atoms with Gasteiger partial charge in [-0.1, -0.05) is 42.8 Å². The molecule has 0 spiro atoms. The molecule has 0 aliphatic heterocycles. The molecule has 0 aliphatic rings. The molecule has 0 unspecified atom stereocenters. The second kappa shape index (κ2) is 8.70. The van der Waals surface area contributed by atoms with Crippen LogP contribution in [0, 0.1) is 0 Å². The van der Waals surface area contributed by atoms with E-state index in [0.717, 1.165) is 48.8 Å². The maximum absolute atomic E-state index is 12.6. The van der Waals surface area contributed by atoms with Gasteiger partial charge in [0.05, 0.1) is 0 Å². The van der Waals surface area contributed by atoms with Gasteiger partial charge in [0, 0.05) is 54.9 Å². The molecule has 0 saturated heterocycles. The van der Waals surface area contributed by atoms with Crippen LogP contribution in [0.4, 0.5) is 5.69 Å². The molecule has 3 aromatic rings. The lowest BCUT2D eigenvalue weighted by atomic mass is 10.0. The Balaban J connectivity index is 1.48. The van der Waals surface area contributed by atoms with Crippen LogP contribution in [0.5, 0.6) is 0 Å². The minimum atomic E-state index is 0.261. The molecule has 0 aliphatic carbocycles. The Kier molecular flexibility index (Phi) is 6.11. The lowest BCUT2D eigenvalue weighted by molar-refractivity contribution is 0.0980. The van der Waals surface area contributed by atoms with Crippen LogP contribution in [-0.2, 0) is 7.05 Å². The van der Waals surface area contributed by atoms with E-state index in [2.05, 4.69) is 48.2 Å². The molecule has 136 valence electrons. The van der Waals surface area contributed by atoms with E-state index in [4.69, 9.17) is 0 Å². The molecule has 3 rings (SSSR count). The molecule has 3 nitrogen and oxygen atoms in total. The van der Waals surface area contributed by atoms with Crippen molar-refractivity contribution < 1.29 is 4.79 Å². The van der Waals surface area contributed by atoms with Gasteiger partial charge in [-0.25, -0.2) is 0 Å². The van der Waals surface area contributed by atoms with Gasteiger partial charge in [0.1, 0.15) is 0 Å². The number of carbonyl (C=O) groups is 1. The number of fused-ring (bicyclic) bond motifs is 1. The highest BCUT2D eigenvalue weighted by molar-refractivity contribution is 6.08. The summed E-state index contributed by atoms with van der Waals surface area (Å²) in [6, 6.07) is 18.7. The van der Waals surface area contributed by atoms with Crippen LogP contribution < -0.4 is 4.90 Å². The first-order valence-electron chi connectivity index (χ1n) is 9.58. The summed E-state index contributed by atoms with van der Waals surface area (Å²) in [6.07, 6.45) is 5.76. The summed E-state index contributed by atoms with van der Waals surface area (Å²) >= 11 is 0. The molecule has 0 saturated carbocycles. The van der Waals surface area contributed by atoms with Crippen molar-refractivity contribution >= 4 is 22.4 Å². The smallest absolute Gasteiger partial charge is 0.165 e. The van der Waals surface area contributed by atoms with Crippen molar-refractivity contribution in [1.82, 2.24) is 4.57 Å². The van der Waals surface area contributed by atoms with Gasteiger partial charge >= 0.3 is 0 Å². The number of Topliss-reactive ketones (excluding diaryl/α,β-unsaturated/α-hetero) is 1. The highest BCUT2D eigenvalue weighted by Crippen LogP contribution is 2.22. The maximum atomic E-state index is 12.6. The van der Waals surface area contributed by atoms with E-state index >= 15 is 0 Å². The maximum Gasteiger partial charge on any atom is 0.165 e. The largest absolute Gasteiger partial charge is 0.372 e. The van der Waals surface area contributed by atoms with Crippen molar-refractivity contribution in [1.29, 1.82) is 0 Å². The Morgan fingerprint density at radius 2 is 1.69 bits per heavy atom. The molecule has 26 heavy (non-hydrogen) atoms. The second-order valence-corrected chi connectivity index (χ2v) is 6.82. The van der Waals surface area contributed by atoms with Crippen molar-refractivity contribution in [2.75, 3.05) is 18.0 Å². The molecule has 0 N–H and O–H groups in total. The first-order valence-corrected chi connectivity index (χ1v) is 9.58. The van der Waals surface area contributed by atoms with E-state index in [-0.39, 0.29) is 5.78 Å². The number of hydrogen-bond acceptors (Lipinski definition) is 2. The number of carbonyl (C=O) groups excluding carboxylic acids is 1. The van der Waals surface area contributed by atoms with Gasteiger partial charge in [-0.05, 0) is 38.0 Å². The number of hydrogen-bond donors (Lipinski definition) is 0. The fraction of sp³-hybridized carbons (Fsp3) is 0.348. The number of rotatable bonds is 9. The Hall–Kier alpha value is -2.55. The molecule has 0 amide bonds. The molecule has 0 fully saturated rings. The highest BCUT2D eigenvalue weighted by Gasteiger charge is 2.13. The molecule has 3 heteroatoms. The van der Waals surface area contributed by atoms with Crippen LogP contribution >= 0.6 is 0 Å². The number of aryl methyl sites for hydroxylation is 1. The molecule has 0 atom stereocenters. The zero-order chi connectivity index (χ0) is 18.4. The monoisotopic (exact) mass is 348 g/mol. The third-order valence-corrected chi connectivity index (χ3v) is 5.03. The third kappa shape index (κ3) is 4.16. The van der Waals surface area contributed by atoms with E-state index in [1.807, 2.05) is 36.0 Å². The summed E-state index contributed by atoms with van der Waals surface area (Å²) in [5, 5.41) is 1.07. The van der Waals surface area contributed by atoms with Crippen molar-refractivity contribution in [3.63, 3.8) is 0 Å². The fourth-order valence-electron chi connectivity index (χ4n) is 3.57. The molecule has 0 radical (unpaired) electrons. The summed E-state index contributed by atoms with van der Waals surface area (Å²) in [5.41, 5.74) is 3.27. The number of nitrogens with zero attached hydrogens (tertiary/aromatic N) is 2. The minimum absolute atomic E-state index is 0.261. The standard InChI is InChI=1S/C23H28N2O/c1-3-25(19-12-6-4-7-13-19)17-11-5-8-16-23(26)21-18-24(2)22-15-10-9-14-20(21)22/h4,6-7,9-10,12-15,18H,3,5,8,11,16-17H2,1-2H3. The fourth-order valence-corrected chi connectivity index (χ4v) is 3.57. The zero-order valence-corrected chi connectivity index (χ0v) is 15.8. The normalized spacial score (nSPS) is 11.0. The predicted octanol–water partition coefficient (Wildman–Crippen LogP) is 5.45. The predicted molar refractivity (Wildman–Crippen MR) is 110 cm³/mol. The van der Waals surface area contributed by atoms with E-state index < -0.39 is 0 Å². The van der Waals surface area contributed by atoms with Gasteiger partial charge in [0.25, 0.3) is 0 Å². The topological polar surface area (TPSA) is 25.2 Å². The zero-order valence-electron chi connectivity index (χ0n) is 15.8. The first-order chi connectivity index (χ1) is 12.7. The Labute approximate surface area is 156 Å². The average Bonchev–Trinajstić information content (AvgIpc) is 3.02. The van der Waals surface area contributed by atoms with Gasteiger partial charge in [-0.3, -0.25) is 4.79 Å². The lowest BCUT2D eigenvalue weighted by Gasteiger charge is -2.22. The van der Waals surface area contributed by atoms with Gasteiger partial charge < -0.3 is 9.47 Å². The first kappa shape index (κ1) is 18.2. The van der Waals surface area contributed by atoms with Crippen molar-refractivity contribution in [3.05, 3.63) is 66.4 Å². The Morgan fingerprint density at radius 3 is 2.46 bits per heavy atom. The van der Waals surface area contributed by atoms with Gasteiger partial charge in [-0.2, -0.15) is 0 Å². The van der Waals surface area contributed by atoms with Crippen molar-refractivity contribution in [2.45, 2.75) is 32.6 Å². The summed E-state index contributed by atoms with van der Waals surface area (Å²) in [6.45, 7) is 4.25. The Bertz CT molecular complexity index is 851. The van der Waals surface area contributed by atoms with E-state index in [9.17, 15) is 4.79 Å². The summed E-state index contributed by atoms with van der Waals surface area (Å²) in [4.78, 5) is 15.0. The van der Waals surface area contributed by atoms with Crippen LogP contribution in [0.3, 0.4) is 0 Å². The number of anilines is 1. The van der Waals surface area contributed by atoms with E-state index in [0.29, 0.717) is 6.42 Å². The third-order valence-electron chi connectivity index (χ3n) is 5.03. The Morgan fingerprint density at radius 1 is 0.962 bits per heavy atom. The molecule has 2 aromatic carbocycles. The van der Waals surface area contributed by atoms with Crippen molar-refractivity contribution in [2.24, 2.45) is 7.05 Å². The van der Waals surface area contributed by atoms with Crippen molar-refractivity contribution in [3.8, 4) is 0 Å². The molecule has 1 heterocycles. The number of aromatic nitrogens is 1. The summed E-state index contributed by atoms with van der Waals surface area (Å²) in [7, 11) is 2.00. The second-order valence-electron chi connectivity index (χ2n) is 6.82. The van der Waals surface area contributed by atoms with Crippen LogP contribution in [0.25, 0.3) is 10.9 Å². The number of para-hydroxylation sites is 2.